The van der Waals surface area contributed by atoms with Crippen molar-refractivity contribution < 1.29 is 14.3 Å². The molecule has 0 unspecified atom stereocenters. The van der Waals surface area contributed by atoms with Crippen LogP contribution in [0.5, 0.6) is 0 Å². The lowest BCUT2D eigenvalue weighted by atomic mass is 10.2. The van der Waals surface area contributed by atoms with Crippen molar-refractivity contribution in [3.63, 3.8) is 0 Å². The smallest absolute Gasteiger partial charge is 0.322 e. The maximum absolute atomic E-state index is 13.6. The van der Waals surface area contributed by atoms with Gasteiger partial charge in [0.1, 0.15) is 5.82 Å². The van der Waals surface area contributed by atoms with E-state index in [1.165, 1.54) is 11.0 Å². The molecule has 0 aliphatic heterocycles. The lowest BCUT2D eigenvalue weighted by Gasteiger charge is -2.22. The van der Waals surface area contributed by atoms with Gasteiger partial charge in [0.15, 0.2) is 0 Å². The molecule has 106 valence electrons. The minimum absolute atomic E-state index is 0.104. The Morgan fingerprint density at radius 2 is 2.16 bits per heavy atom. The van der Waals surface area contributed by atoms with Crippen molar-refractivity contribution >= 4 is 11.7 Å². The molecule has 2 N–H and O–H groups in total. The summed E-state index contributed by atoms with van der Waals surface area (Å²) in [7, 11) is 0. The van der Waals surface area contributed by atoms with Crippen molar-refractivity contribution in [2.24, 2.45) is 0 Å². The molecule has 0 fully saturated rings. The zero-order valence-electron chi connectivity index (χ0n) is 11.4. The highest BCUT2D eigenvalue weighted by Gasteiger charge is 2.14. The number of nitrogens with one attached hydrogen (secondary N) is 1. The van der Waals surface area contributed by atoms with E-state index in [0.29, 0.717) is 6.54 Å². The summed E-state index contributed by atoms with van der Waals surface area (Å²) >= 11 is 0. The number of amides is 2. The Hall–Kier alpha value is -1.62. The third kappa shape index (κ3) is 4.87. The minimum Gasteiger partial charge on any atom is -0.395 e. The molecule has 0 heterocycles. The summed E-state index contributed by atoms with van der Waals surface area (Å²) in [6, 6.07) is 4.27. The van der Waals surface area contributed by atoms with Gasteiger partial charge in [0.25, 0.3) is 0 Å². The van der Waals surface area contributed by atoms with Crippen molar-refractivity contribution in [1.29, 1.82) is 0 Å². The summed E-state index contributed by atoms with van der Waals surface area (Å²) in [5.74, 6) is -0.451. The summed E-state index contributed by atoms with van der Waals surface area (Å²) < 4.78 is 13.6. The topological polar surface area (TPSA) is 52.6 Å². The van der Waals surface area contributed by atoms with Crippen molar-refractivity contribution in [2.75, 3.05) is 25.0 Å². The molecular formula is C14H21FN2O2. The number of carbonyl (C=O) groups is 1. The quantitative estimate of drug-likeness (QED) is 0.833. The molecule has 1 rings (SSSR count). The molecule has 0 saturated heterocycles. The van der Waals surface area contributed by atoms with Gasteiger partial charge in [-0.25, -0.2) is 9.18 Å². The van der Waals surface area contributed by atoms with Gasteiger partial charge < -0.3 is 15.3 Å². The first-order chi connectivity index (χ1) is 9.08. The Balaban J connectivity index is 2.69. The maximum Gasteiger partial charge on any atom is 0.322 e. The number of benzene rings is 1. The maximum atomic E-state index is 13.6. The summed E-state index contributed by atoms with van der Waals surface area (Å²) in [5, 5.41) is 11.5. The highest BCUT2D eigenvalue weighted by Crippen LogP contribution is 2.15. The monoisotopic (exact) mass is 268 g/mol. The molecule has 0 atom stereocenters. The van der Waals surface area contributed by atoms with E-state index in [0.717, 1.165) is 18.4 Å². The van der Waals surface area contributed by atoms with E-state index < -0.39 is 5.82 Å². The van der Waals surface area contributed by atoms with Crippen LogP contribution in [0.25, 0.3) is 0 Å². The predicted molar refractivity (Wildman–Crippen MR) is 73.7 cm³/mol. The molecule has 2 amide bonds. The third-order valence-corrected chi connectivity index (χ3v) is 2.80. The molecule has 0 aliphatic rings. The average molecular weight is 268 g/mol. The van der Waals surface area contributed by atoms with Gasteiger partial charge in [-0.15, -0.1) is 0 Å². The van der Waals surface area contributed by atoms with Gasteiger partial charge in [0.05, 0.1) is 12.3 Å². The van der Waals surface area contributed by atoms with Gasteiger partial charge in [-0.3, -0.25) is 0 Å². The summed E-state index contributed by atoms with van der Waals surface area (Å²) in [5.41, 5.74) is 0.962. The van der Waals surface area contributed by atoms with E-state index in [1.807, 2.05) is 6.92 Å². The van der Waals surface area contributed by atoms with E-state index in [1.54, 1.807) is 19.1 Å². The molecule has 0 aliphatic carbocycles. The van der Waals surface area contributed by atoms with Crippen LogP contribution in [0.4, 0.5) is 14.9 Å². The molecule has 1 aromatic carbocycles. The Labute approximate surface area is 113 Å². The minimum atomic E-state index is -0.451. The highest BCUT2D eigenvalue weighted by atomic mass is 19.1. The lowest BCUT2D eigenvalue weighted by Crippen LogP contribution is -2.37. The van der Waals surface area contributed by atoms with Crippen molar-refractivity contribution in [1.82, 2.24) is 4.90 Å². The molecule has 19 heavy (non-hydrogen) atoms. The molecule has 5 heteroatoms. The Morgan fingerprint density at radius 3 is 2.74 bits per heavy atom. The van der Waals surface area contributed by atoms with Crippen LogP contribution in [0.3, 0.4) is 0 Å². The number of nitrogens with zero attached hydrogens (tertiary/aromatic N) is 1. The van der Waals surface area contributed by atoms with E-state index in [2.05, 4.69) is 5.32 Å². The Bertz CT molecular complexity index is 424. The Kier molecular flexibility index (Phi) is 6.29. The highest BCUT2D eigenvalue weighted by molar-refractivity contribution is 5.89. The standard InChI is InChI=1S/C14H21FN2O2/c1-3-4-7-17(8-9-18)14(19)16-13-6-5-11(2)10-12(13)15/h5-6,10,18H,3-4,7-9H2,1-2H3,(H,16,19). The van der Waals surface area contributed by atoms with E-state index in [-0.39, 0.29) is 24.9 Å². The van der Waals surface area contributed by atoms with Crippen LogP contribution in [0.2, 0.25) is 0 Å². The van der Waals surface area contributed by atoms with Crippen LogP contribution in [0.15, 0.2) is 18.2 Å². The first-order valence-corrected chi connectivity index (χ1v) is 6.51. The number of unbranched alkanes of at least 4 members (excludes halogenated alkanes) is 1. The van der Waals surface area contributed by atoms with Gasteiger partial charge in [-0.1, -0.05) is 19.4 Å². The van der Waals surface area contributed by atoms with Gasteiger partial charge in [-0.2, -0.15) is 0 Å². The normalized spacial score (nSPS) is 10.3. The van der Waals surface area contributed by atoms with Crippen LogP contribution in [0, 0.1) is 12.7 Å². The number of aliphatic hydroxyl groups excluding tert-OH is 1. The second kappa shape index (κ2) is 7.74. The number of rotatable bonds is 6. The second-order valence-corrected chi connectivity index (χ2v) is 4.48. The number of urea groups is 1. The molecular weight excluding hydrogens is 247 g/mol. The SMILES string of the molecule is CCCCN(CCO)C(=O)Nc1ccc(C)cc1F. The number of hydrogen-bond donors (Lipinski definition) is 2. The molecule has 0 bridgehead atoms. The van der Waals surface area contributed by atoms with Gasteiger partial charge in [0.2, 0.25) is 0 Å². The third-order valence-electron chi connectivity index (χ3n) is 2.80. The fraction of sp³-hybridized carbons (Fsp3) is 0.500. The fourth-order valence-electron chi connectivity index (χ4n) is 1.70. The van der Waals surface area contributed by atoms with Crippen molar-refractivity contribution in [2.45, 2.75) is 26.7 Å². The van der Waals surface area contributed by atoms with Crippen molar-refractivity contribution in [3.8, 4) is 0 Å². The number of carbonyl (C=O) groups excluding carboxylic acids is 1. The van der Waals surface area contributed by atoms with Gasteiger partial charge >= 0.3 is 6.03 Å². The van der Waals surface area contributed by atoms with Gasteiger partial charge in [-0.05, 0) is 31.0 Å². The number of aryl methyl sites for hydroxylation is 1. The van der Waals surface area contributed by atoms with Gasteiger partial charge in [0, 0.05) is 13.1 Å². The van der Waals surface area contributed by atoms with Crippen LogP contribution < -0.4 is 5.32 Å². The van der Waals surface area contributed by atoms with E-state index in [4.69, 9.17) is 5.11 Å². The number of halogens is 1. The fourth-order valence-corrected chi connectivity index (χ4v) is 1.70. The van der Waals surface area contributed by atoms with Crippen molar-refractivity contribution in [3.05, 3.63) is 29.6 Å². The lowest BCUT2D eigenvalue weighted by molar-refractivity contribution is 0.187. The van der Waals surface area contributed by atoms with Crippen LogP contribution >= 0.6 is 0 Å². The zero-order valence-corrected chi connectivity index (χ0v) is 11.4. The zero-order chi connectivity index (χ0) is 14.3. The molecule has 0 aromatic heterocycles. The summed E-state index contributed by atoms with van der Waals surface area (Å²) in [6.45, 7) is 4.51. The van der Waals surface area contributed by atoms with Crippen LogP contribution in [-0.4, -0.2) is 35.7 Å². The second-order valence-electron chi connectivity index (χ2n) is 4.48. The van der Waals surface area contributed by atoms with Crippen LogP contribution in [0.1, 0.15) is 25.3 Å². The summed E-state index contributed by atoms with van der Waals surface area (Å²) in [4.78, 5) is 13.5. The average Bonchev–Trinajstić information content (AvgIpc) is 2.37. The first-order valence-electron chi connectivity index (χ1n) is 6.51. The Morgan fingerprint density at radius 1 is 1.42 bits per heavy atom. The largest absolute Gasteiger partial charge is 0.395 e. The van der Waals surface area contributed by atoms with E-state index >= 15 is 0 Å². The summed E-state index contributed by atoms with van der Waals surface area (Å²) in [6.07, 6.45) is 1.80. The van der Waals surface area contributed by atoms with E-state index in [9.17, 15) is 9.18 Å². The number of hydrogen-bond acceptors (Lipinski definition) is 2. The molecule has 0 radical (unpaired) electrons. The number of anilines is 1. The molecule has 0 saturated carbocycles. The number of aliphatic hydroxyl groups is 1. The van der Waals surface area contributed by atoms with Crippen LogP contribution in [-0.2, 0) is 0 Å². The first kappa shape index (κ1) is 15.4. The molecule has 0 spiro atoms. The predicted octanol–water partition coefficient (Wildman–Crippen LogP) is 2.76. The molecule has 1 aromatic rings. The molecule has 4 nitrogen and oxygen atoms in total.